The van der Waals surface area contributed by atoms with Gasteiger partial charge >= 0.3 is 0 Å². The Balaban J connectivity index is 2.03. The summed E-state index contributed by atoms with van der Waals surface area (Å²) in [6.45, 7) is 4.73. The van der Waals surface area contributed by atoms with Crippen molar-refractivity contribution >= 4 is 17.4 Å². The monoisotopic (exact) mass is 437 g/mol. The van der Waals surface area contributed by atoms with Crippen LogP contribution in [0.3, 0.4) is 0 Å². The fraction of sp³-hybridized carbons (Fsp3) is 0.280. The third-order valence-electron chi connectivity index (χ3n) is 5.21. The second-order valence-corrected chi connectivity index (χ2v) is 7.24. The van der Waals surface area contributed by atoms with Crippen LogP contribution >= 0.6 is 0 Å². The second kappa shape index (κ2) is 10.6. The van der Waals surface area contributed by atoms with Crippen LogP contribution in [0.4, 0.5) is 0 Å². The predicted octanol–water partition coefficient (Wildman–Crippen LogP) is 3.72. The molecule has 3 rings (SSSR count). The van der Waals surface area contributed by atoms with Crippen molar-refractivity contribution in [2.45, 2.75) is 12.5 Å². The van der Waals surface area contributed by atoms with E-state index in [1.165, 1.54) is 4.90 Å². The highest BCUT2D eigenvalue weighted by molar-refractivity contribution is 6.46. The lowest BCUT2D eigenvalue weighted by molar-refractivity contribution is -0.140. The number of aliphatic hydroxyl groups is 1. The molecule has 7 heteroatoms. The number of ether oxygens (including phenoxy) is 3. The Morgan fingerprint density at radius 1 is 1.06 bits per heavy atom. The molecule has 7 nitrogen and oxygen atoms in total. The number of benzene rings is 2. The zero-order chi connectivity index (χ0) is 23.1. The average Bonchev–Trinajstić information content (AvgIpc) is 3.08. The van der Waals surface area contributed by atoms with Gasteiger partial charge in [0.2, 0.25) is 0 Å². The van der Waals surface area contributed by atoms with Crippen molar-refractivity contribution < 1.29 is 28.9 Å². The Morgan fingerprint density at radius 2 is 1.72 bits per heavy atom. The summed E-state index contributed by atoms with van der Waals surface area (Å²) in [6.07, 6.45) is 2.19. The molecule has 2 aromatic rings. The van der Waals surface area contributed by atoms with Crippen LogP contribution in [-0.4, -0.2) is 55.7 Å². The van der Waals surface area contributed by atoms with Gasteiger partial charge in [0.1, 0.15) is 23.9 Å². The Hall–Kier alpha value is -3.58. The van der Waals surface area contributed by atoms with Crippen molar-refractivity contribution in [1.82, 2.24) is 4.90 Å². The fourth-order valence-electron chi connectivity index (χ4n) is 3.64. The van der Waals surface area contributed by atoms with E-state index in [2.05, 4.69) is 6.58 Å². The van der Waals surface area contributed by atoms with Crippen molar-refractivity contribution in [3.05, 3.63) is 77.9 Å². The number of aliphatic hydroxyl groups excluding tert-OH is 1. The first kappa shape index (κ1) is 23.1. The van der Waals surface area contributed by atoms with E-state index in [0.717, 1.165) is 0 Å². The van der Waals surface area contributed by atoms with E-state index in [1.54, 1.807) is 68.8 Å². The largest absolute Gasteiger partial charge is 0.507 e. The number of nitrogens with zero attached hydrogens (tertiary/aromatic N) is 1. The normalized spacial score (nSPS) is 17.4. The van der Waals surface area contributed by atoms with E-state index in [-0.39, 0.29) is 11.3 Å². The van der Waals surface area contributed by atoms with Crippen molar-refractivity contribution in [2.24, 2.45) is 0 Å². The Kier molecular flexibility index (Phi) is 7.68. The number of carbonyl (C=O) groups excluding carboxylic acids is 2. The van der Waals surface area contributed by atoms with Crippen LogP contribution in [-0.2, 0) is 14.3 Å². The molecule has 1 N–H and O–H groups in total. The molecule has 168 valence electrons. The molecular weight excluding hydrogens is 410 g/mol. The van der Waals surface area contributed by atoms with Crippen LogP contribution in [0.25, 0.3) is 5.76 Å². The number of ketones is 1. The lowest BCUT2D eigenvalue weighted by Gasteiger charge is -2.25. The van der Waals surface area contributed by atoms with E-state index in [4.69, 9.17) is 14.2 Å². The summed E-state index contributed by atoms with van der Waals surface area (Å²) in [4.78, 5) is 27.3. The molecule has 0 aromatic heterocycles. The van der Waals surface area contributed by atoms with Crippen molar-refractivity contribution in [1.29, 1.82) is 0 Å². The van der Waals surface area contributed by atoms with Crippen molar-refractivity contribution in [2.75, 3.05) is 34.0 Å². The zero-order valence-electron chi connectivity index (χ0n) is 18.2. The average molecular weight is 437 g/mol. The van der Waals surface area contributed by atoms with Crippen LogP contribution in [0, 0.1) is 0 Å². The molecule has 0 aliphatic carbocycles. The summed E-state index contributed by atoms with van der Waals surface area (Å²) >= 11 is 0. The van der Waals surface area contributed by atoms with Gasteiger partial charge in [-0.25, -0.2) is 0 Å². The van der Waals surface area contributed by atoms with Gasteiger partial charge < -0.3 is 24.2 Å². The first-order valence-electron chi connectivity index (χ1n) is 10.3. The third-order valence-corrected chi connectivity index (χ3v) is 5.21. The highest BCUT2D eigenvalue weighted by atomic mass is 16.5. The van der Waals surface area contributed by atoms with Gasteiger partial charge in [0.05, 0.1) is 18.7 Å². The first-order chi connectivity index (χ1) is 15.5. The van der Waals surface area contributed by atoms with Gasteiger partial charge in [-0.05, 0) is 48.4 Å². The molecule has 1 atom stereocenters. The van der Waals surface area contributed by atoms with Crippen LogP contribution in [0.5, 0.6) is 11.5 Å². The van der Waals surface area contributed by atoms with Crippen LogP contribution in [0.15, 0.2) is 66.8 Å². The highest BCUT2D eigenvalue weighted by Gasteiger charge is 2.45. The SMILES string of the molecule is C=CCOc1ccc(C(O)=C2C(=O)C(=O)N(CCCOC)[C@H]2c2ccc(OC)cc2)cc1. The predicted molar refractivity (Wildman–Crippen MR) is 121 cm³/mol. The van der Waals surface area contributed by atoms with Gasteiger partial charge in [-0.1, -0.05) is 24.8 Å². The van der Waals surface area contributed by atoms with Gasteiger partial charge in [0, 0.05) is 25.8 Å². The molecule has 32 heavy (non-hydrogen) atoms. The number of hydrogen-bond acceptors (Lipinski definition) is 6. The molecule has 1 fully saturated rings. The summed E-state index contributed by atoms with van der Waals surface area (Å²) in [5.41, 5.74) is 1.18. The number of hydrogen-bond donors (Lipinski definition) is 1. The summed E-state index contributed by atoms with van der Waals surface area (Å²) < 4.78 is 15.8. The Bertz CT molecular complexity index is 994. The van der Waals surface area contributed by atoms with E-state index >= 15 is 0 Å². The van der Waals surface area contributed by atoms with Gasteiger partial charge in [-0.3, -0.25) is 9.59 Å². The molecule has 0 saturated carbocycles. The van der Waals surface area contributed by atoms with E-state index < -0.39 is 17.7 Å². The van der Waals surface area contributed by atoms with Gasteiger partial charge in [-0.2, -0.15) is 0 Å². The number of carbonyl (C=O) groups is 2. The lowest BCUT2D eigenvalue weighted by atomic mass is 9.95. The number of Topliss-reactive ketones (excluding diaryl/α,β-unsaturated/α-hetero) is 1. The second-order valence-electron chi connectivity index (χ2n) is 7.24. The fourth-order valence-corrected chi connectivity index (χ4v) is 3.64. The Labute approximate surface area is 187 Å². The van der Waals surface area contributed by atoms with Gasteiger partial charge in [0.15, 0.2) is 0 Å². The zero-order valence-corrected chi connectivity index (χ0v) is 18.2. The molecule has 2 aromatic carbocycles. The molecule has 0 unspecified atom stereocenters. The Morgan fingerprint density at radius 3 is 2.31 bits per heavy atom. The summed E-state index contributed by atoms with van der Waals surface area (Å²) in [5.74, 6) is -0.329. The minimum absolute atomic E-state index is 0.0531. The molecule has 1 saturated heterocycles. The topological polar surface area (TPSA) is 85.3 Å². The summed E-state index contributed by atoms with van der Waals surface area (Å²) in [6, 6.07) is 13.1. The molecule has 1 amide bonds. The first-order valence-corrected chi connectivity index (χ1v) is 10.3. The highest BCUT2D eigenvalue weighted by Crippen LogP contribution is 2.40. The minimum atomic E-state index is -0.715. The molecular formula is C25H27NO6. The van der Waals surface area contributed by atoms with Crippen LogP contribution in [0.2, 0.25) is 0 Å². The maximum absolute atomic E-state index is 13.0. The number of rotatable bonds is 10. The van der Waals surface area contributed by atoms with Gasteiger partial charge in [-0.15, -0.1) is 0 Å². The molecule has 1 heterocycles. The van der Waals surface area contributed by atoms with E-state index in [9.17, 15) is 14.7 Å². The summed E-state index contributed by atoms with van der Waals surface area (Å²) in [7, 11) is 3.14. The van der Waals surface area contributed by atoms with Gasteiger partial charge in [0.25, 0.3) is 11.7 Å². The molecule has 0 bridgehead atoms. The van der Waals surface area contributed by atoms with Crippen molar-refractivity contribution in [3.8, 4) is 11.5 Å². The van der Waals surface area contributed by atoms with Crippen molar-refractivity contribution in [3.63, 3.8) is 0 Å². The maximum Gasteiger partial charge on any atom is 0.295 e. The smallest absolute Gasteiger partial charge is 0.295 e. The molecule has 0 spiro atoms. The summed E-state index contributed by atoms with van der Waals surface area (Å²) in [5, 5.41) is 11.1. The number of methoxy groups -OCH3 is 2. The van der Waals surface area contributed by atoms with Crippen LogP contribution < -0.4 is 9.47 Å². The number of amides is 1. The molecule has 1 aliphatic rings. The maximum atomic E-state index is 13.0. The standard InChI is InChI=1S/C25H27NO6/c1-4-15-32-20-12-8-18(9-13-20)23(27)21-22(17-6-10-19(31-3)11-7-17)26(14-5-16-30-2)25(29)24(21)28/h4,6-13,22,27H,1,5,14-16H2,2-3H3/t22-/m0/s1. The quantitative estimate of drug-likeness (QED) is 0.201. The lowest BCUT2D eigenvalue weighted by Crippen LogP contribution is -2.31. The molecule has 1 aliphatic heterocycles. The molecule has 0 radical (unpaired) electrons. The van der Waals surface area contributed by atoms with Crippen LogP contribution in [0.1, 0.15) is 23.6 Å². The third kappa shape index (κ3) is 4.84. The number of likely N-dealkylation sites (tertiary alicyclic amines) is 1. The van der Waals surface area contributed by atoms with E-state index in [0.29, 0.717) is 48.8 Å². The minimum Gasteiger partial charge on any atom is -0.507 e. The van der Waals surface area contributed by atoms with E-state index in [1.807, 2.05) is 0 Å².